The summed E-state index contributed by atoms with van der Waals surface area (Å²) in [6, 6.07) is 12.9. The molecule has 0 spiro atoms. The van der Waals surface area contributed by atoms with Gasteiger partial charge < -0.3 is 9.73 Å². The molecule has 29 heavy (non-hydrogen) atoms. The summed E-state index contributed by atoms with van der Waals surface area (Å²) >= 11 is 5.97. The summed E-state index contributed by atoms with van der Waals surface area (Å²) in [5.41, 5.74) is 2.44. The maximum atomic E-state index is 12.8. The number of nitrogens with zero attached hydrogens (tertiary/aromatic N) is 2. The molecule has 0 radical (unpaired) electrons. The summed E-state index contributed by atoms with van der Waals surface area (Å²) in [7, 11) is -3.40. The Morgan fingerprint density at radius 1 is 1.03 bits per heavy atom. The second-order valence-corrected chi connectivity index (χ2v) is 9.64. The van der Waals surface area contributed by atoms with Crippen LogP contribution in [0.1, 0.15) is 31.2 Å². The predicted molar refractivity (Wildman–Crippen MR) is 115 cm³/mol. The highest BCUT2D eigenvalue weighted by Crippen LogP contribution is 2.23. The third kappa shape index (κ3) is 4.74. The van der Waals surface area contributed by atoms with Gasteiger partial charge in [0.15, 0.2) is 5.58 Å². The average Bonchev–Trinajstić information content (AvgIpc) is 2.91. The van der Waals surface area contributed by atoms with E-state index in [9.17, 15) is 8.42 Å². The van der Waals surface area contributed by atoms with Gasteiger partial charge in [0.2, 0.25) is 10.0 Å². The van der Waals surface area contributed by atoms with Gasteiger partial charge in [-0.2, -0.15) is 9.29 Å². The van der Waals surface area contributed by atoms with E-state index in [-0.39, 0.29) is 0 Å². The summed E-state index contributed by atoms with van der Waals surface area (Å²) in [5.74, 6) is 0. The monoisotopic (exact) mass is 433 g/mol. The number of sulfonamides is 1. The molecule has 1 aliphatic rings. The molecule has 154 valence electrons. The first kappa shape index (κ1) is 20.2. The van der Waals surface area contributed by atoms with Gasteiger partial charge in [0, 0.05) is 24.7 Å². The van der Waals surface area contributed by atoms with Crippen molar-refractivity contribution < 1.29 is 12.8 Å². The Balaban J connectivity index is 1.36. The maximum absolute atomic E-state index is 12.8. The van der Waals surface area contributed by atoms with Gasteiger partial charge in [0.25, 0.3) is 6.01 Å². The molecule has 8 heteroatoms. The van der Waals surface area contributed by atoms with Crippen LogP contribution in [0, 0.1) is 0 Å². The van der Waals surface area contributed by atoms with E-state index in [1.54, 1.807) is 34.6 Å². The minimum absolute atomic E-state index is 0.368. The highest BCUT2D eigenvalue weighted by molar-refractivity contribution is 7.89. The third-order valence-corrected chi connectivity index (χ3v) is 7.31. The highest BCUT2D eigenvalue weighted by Gasteiger charge is 2.24. The van der Waals surface area contributed by atoms with E-state index in [1.165, 1.54) is 0 Å². The fraction of sp³-hybridized carbons (Fsp3) is 0.381. The molecule has 0 aliphatic carbocycles. The number of nitrogens with one attached hydrogen (secondary N) is 1. The highest BCUT2D eigenvalue weighted by atomic mass is 35.5. The van der Waals surface area contributed by atoms with Crippen molar-refractivity contribution in [3.05, 3.63) is 53.1 Å². The second kappa shape index (κ2) is 8.73. The Morgan fingerprint density at radius 2 is 1.76 bits per heavy atom. The second-order valence-electron chi connectivity index (χ2n) is 7.27. The number of hydrogen-bond acceptors (Lipinski definition) is 5. The Kier molecular flexibility index (Phi) is 6.08. The Morgan fingerprint density at radius 3 is 2.48 bits per heavy atom. The van der Waals surface area contributed by atoms with Gasteiger partial charge in [-0.15, -0.1) is 0 Å². The molecule has 0 amide bonds. The van der Waals surface area contributed by atoms with Crippen LogP contribution < -0.4 is 5.32 Å². The Hall–Kier alpha value is -2.09. The van der Waals surface area contributed by atoms with Crippen molar-refractivity contribution in [2.24, 2.45) is 0 Å². The number of hydrogen-bond donors (Lipinski definition) is 1. The fourth-order valence-corrected chi connectivity index (χ4v) is 5.23. The van der Waals surface area contributed by atoms with Crippen molar-refractivity contribution in [3.8, 4) is 0 Å². The van der Waals surface area contributed by atoms with Gasteiger partial charge in [-0.1, -0.05) is 36.6 Å². The van der Waals surface area contributed by atoms with Gasteiger partial charge in [0.05, 0.1) is 4.90 Å². The van der Waals surface area contributed by atoms with E-state index in [0.717, 1.165) is 37.7 Å². The lowest BCUT2D eigenvalue weighted by molar-refractivity contribution is 0.423. The Labute approximate surface area is 175 Å². The first-order valence-corrected chi connectivity index (χ1v) is 11.7. The topological polar surface area (TPSA) is 75.4 Å². The zero-order valence-electron chi connectivity index (χ0n) is 16.1. The lowest BCUT2D eigenvalue weighted by Crippen LogP contribution is -2.31. The molecule has 1 aromatic heterocycles. The van der Waals surface area contributed by atoms with E-state index in [4.69, 9.17) is 16.0 Å². The van der Waals surface area contributed by atoms with Crippen LogP contribution in [0.25, 0.3) is 11.1 Å². The molecule has 6 nitrogen and oxygen atoms in total. The number of benzene rings is 2. The SMILES string of the molecule is O=S(=O)(c1ccc(CCNc2nc3cc(Cl)ccc3o2)cc1)N1CCCCCC1. The smallest absolute Gasteiger partial charge is 0.295 e. The number of fused-ring (bicyclic) bond motifs is 1. The number of anilines is 1. The summed E-state index contributed by atoms with van der Waals surface area (Å²) in [4.78, 5) is 4.73. The standard InChI is InChI=1S/C21H24ClN3O3S/c22-17-7-10-20-19(15-17)24-21(28-20)23-12-11-16-5-8-18(9-6-16)29(26,27)25-13-3-1-2-4-14-25/h5-10,15H,1-4,11-14H2,(H,23,24). The zero-order chi connectivity index (χ0) is 20.3. The molecule has 1 fully saturated rings. The molecule has 1 N–H and O–H groups in total. The van der Waals surface area contributed by atoms with Crippen LogP contribution in [-0.2, 0) is 16.4 Å². The summed E-state index contributed by atoms with van der Waals surface area (Å²) < 4.78 is 32.9. The van der Waals surface area contributed by atoms with Crippen LogP contribution >= 0.6 is 11.6 Å². The van der Waals surface area contributed by atoms with E-state index in [1.807, 2.05) is 12.1 Å². The van der Waals surface area contributed by atoms with Crippen molar-refractivity contribution in [2.75, 3.05) is 25.0 Å². The lowest BCUT2D eigenvalue weighted by Gasteiger charge is -2.20. The lowest BCUT2D eigenvalue weighted by atomic mass is 10.1. The van der Waals surface area contributed by atoms with Crippen LogP contribution in [0.5, 0.6) is 0 Å². The molecule has 0 saturated carbocycles. The molecule has 3 aromatic rings. The summed E-state index contributed by atoms with van der Waals surface area (Å²) in [6.07, 6.45) is 4.80. The van der Waals surface area contributed by atoms with Crippen LogP contribution in [0.15, 0.2) is 51.8 Å². The summed E-state index contributed by atoms with van der Waals surface area (Å²) in [6.45, 7) is 1.85. The molecular weight excluding hydrogens is 410 g/mol. The minimum atomic E-state index is -3.40. The minimum Gasteiger partial charge on any atom is -0.424 e. The quantitative estimate of drug-likeness (QED) is 0.609. The maximum Gasteiger partial charge on any atom is 0.295 e. The zero-order valence-corrected chi connectivity index (χ0v) is 17.7. The molecule has 4 rings (SSSR count). The van der Waals surface area contributed by atoms with Crippen LogP contribution in [0.3, 0.4) is 0 Å². The van der Waals surface area contributed by atoms with Gasteiger partial charge in [-0.3, -0.25) is 0 Å². The summed E-state index contributed by atoms with van der Waals surface area (Å²) in [5, 5.41) is 3.78. The predicted octanol–water partition coefficient (Wildman–Crippen LogP) is 4.70. The Bertz CT molecular complexity index is 1070. The molecular formula is C21H24ClN3O3S. The van der Waals surface area contributed by atoms with Crippen LogP contribution in [0.2, 0.25) is 5.02 Å². The molecule has 0 unspecified atom stereocenters. The number of aromatic nitrogens is 1. The van der Waals surface area contributed by atoms with Gasteiger partial charge in [0.1, 0.15) is 5.52 Å². The largest absolute Gasteiger partial charge is 0.424 e. The van der Waals surface area contributed by atoms with Gasteiger partial charge in [-0.05, 0) is 55.2 Å². The molecule has 2 aromatic carbocycles. The first-order valence-electron chi connectivity index (χ1n) is 9.91. The van der Waals surface area contributed by atoms with E-state index in [0.29, 0.717) is 46.7 Å². The van der Waals surface area contributed by atoms with Gasteiger partial charge >= 0.3 is 0 Å². The number of halogens is 1. The van der Waals surface area contributed by atoms with Crippen molar-refractivity contribution in [3.63, 3.8) is 0 Å². The van der Waals surface area contributed by atoms with Crippen molar-refractivity contribution in [1.29, 1.82) is 0 Å². The van der Waals surface area contributed by atoms with Crippen LogP contribution in [-0.4, -0.2) is 37.3 Å². The molecule has 1 aliphatic heterocycles. The van der Waals surface area contributed by atoms with E-state index < -0.39 is 10.0 Å². The van der Waals surface area contributed by atoms with Crippen molar-refractivity contribution in [2.45, 2.75) is 37.0 Å². The number of oxazole rings is 1. The number of rotatable bonds is 6. The molecule has 1 saturated heterocycles. The third-order valence-electron chi connectivity index (χ3n) is 5.17. The first-order chi connectivity index (χ1) is 14.0. The fourth-order valence-electron chi connectivity index (χ4n) is 3.55. The molecule has 2 heterocycles. The van der Waals surface area contributed by atoms with E-state index in [2.05, 4.69) is 10.3 Å². The van der Waals surface area contributed by atoms with Crippen LogP contribution in [0.4, 0.5) is 6.01 Å². The molecule has 0 atom stereocenters. The van der Waals surface area contributed by atoms with E-state index >= 15 is 0 Å². The normalized spacial score (nSPS) is 16.0. The van der Waals surface area contributed by atoms with Crippen molar-refractivity contribution >= 4 is 38.7 Å². The average molecular weight is 434 g/mol. The molecule has 0 bridgehead atoms. The van der Waals surface area contributed by atoms with Crippen molar-refractivity contribution in [1.82, 2.24) is 9.29 Å². The van der Waals surface area contributed by atoms with Gasteiger partial charge in [-0.25, -0.2) is 8.42 Å².